The van der Waals surface area contributed by atoms with E-state index < -0.39 is 188 Å². The third kappa shape index (κ3) is 15.1. The summed E-state index contributed by atoms with van der Waals surface area (Å²) in [7, 11) is 0. The van der Waals surface area contributed by atoms with E-state index in [2.05, 4.69) is 5.32 Å². The van der Waals surface area contributed by atoms with Crippen LogP contribution >= 0.6 is 0 Å². The number of amides is 1. The van der Waals surface area contributed by atoms with E-state index in [9.17, 15) is 56.3 Å². The van der Waals surface area contributed by atoms with Gasteiger partial charge in [-0.25, -0.2) is 27.6 Å². The summed E-state index contributed by atoms with van der Waals surface area (Å²) < 4.78 is 147. The molecule has 0 radical (unpaired) electrons. The molecule has 2 heterocycles. The predicted octanol–water partition coefficient (Wildman–Crippen LogP) is 5.13. The minimum absolute atomic E-state index is 0.190. The van der Waals surface area contributed by atoms with E-state index in [1.165, 1.54) is 30.3 Å². The van der Waals surface area contributed by atoms with Gasteiger partial charge in [-0.2, -0.15) is 8.78 Å². The van der Waals surface area contributed by atoms with Crippen LogP contribution in [0.1, 0.15) is 68.9 Å². The van der Waals surface area contributed by atoms with Gasteiger partial charge in [0.2, 0.25) is 34.8 Å². The number of carbonyl (C=O) groups is 9. The molecule has 3 aliphatic rings. The summed E-state index contributed by atoms with van der Waals surface area (Å²) in [6.07, 6.45) is -21.4. The van der Waals surface area contributed by atoms with Crippen LogP contribution in [0, 0.1) is 29.1 Å². The minimum Gasteiger partial charge on any atom is -0.463 e. The smallest absolute Gasteiger partial charge is 0.407 e. The molecule has 28 heteroatoms. The summed E-state index contributed by atoms with van der Waals surface area (Å²) in [6, 6.07) is 18.7. The topological polar surface area (TPSA) is 286 Å². The summed E-state index contributed by atoms with van der Waals surface area (Å²) in [5.74, 6) is -25.0. The summed E-state index contributed by atoms with van der Waals surface area (Å²) in [4.78, 5) is 118. The van der Waals surface area contributed by atoms with Gasteiger partial charge in [-0.15, -0.1) is 0 Å². The zero-order valence-corrected chi connectivity index (χ0v) is 44.6. The largest absolute Gasteiger partial charge is 0.463 e. The average molecular weight is 1170 g/mol. The van der Waals surface area contributed by atoms with E-state index in [0.717, 1.165) is 63.8 Å². The summed E-state index contributed by atoms with van der Waals surface area (Å²) >= 11 is 0. The van der Waals surface area contributed by atoms with Crippen molar-refractivity contribution < 1.29 is 127 Å². The van der Waals surface area contributed by atoms with Crippen molar-refractivity contribution in [1.82, 2.24) is 5.32 Å². The van der Waals surface area contributed by atoms with E-state index >= 15 is 8.78 Å². The molecule has 7 rings (SSSR count). The number of hydrogen-bond donors (Lipinski definition) is 1. The summed E-state index contributed by atoms with van der Waals surface area (Å²) in [6.45, 7) is 2.18. The number of esters is 8. The van der Waals surface area contributed by atoms with E-state index in [4.69, 9.17) is 61.6 Å². The monoisotopic (exact) mass is 1170 g/mol. The van der Waals surface area contributed by atoms with Gasteiger partial charge in [-0.1, -0.05) is 66.7 Å². The van der Waals surface area contributed by atoms with Crippen molar-refractivity contribution in [2.24, 2.45) is 0 Å². The normalized spacial score (nSPS) is 22.9. The molecular formula is C55H52F5NO22. The fraction of sp³-hybridized carbons (Fsp3) is 0.400. The number of nitrogens with one attached hydrogen (secondary N) is 1. The number of fused-ring (bicyclic) bond motifs is 3. The maximum Gasteiger partial charge on any atom is 0.407 e. The van der Waals surface area contributed by atoms with Crippen molar-refractivity contribution in [2.45, 2.75) is 115 Å². The highest BCUT2D eigenvalue weighted by molar-refractivity contribution is 5.89. The highest BCUT2D eigenvalue weighted by Crippen LogP contribution is 2.45. The predicted molar refractivity (Wildman–Crippen MR) is 263 cm³/mol. The molecule has 83 heavy (non-hydrogen) atoms. The number of halogens is 5. The Kier molecular flexibility index (Phi) is 20.5. The molecule has 4 aromatic carbocycles. The third-order valence-electron chi connectivity index (χ3n) is 12.6. The van der Waals surface area contributed by atoms with Crippen LogP contribution in [0.4, 0.5) is 26.7 Å². The Labute approximate surface area is 467 Å². The van der Waals surface area contributed by atoms with Crippen molar-refractivity contribution in [3.05, 3.63) is 125 Å². The van der Waals surface area contributed by atoms with Crippen LogP contribution in [0.2, 0.25) is 0 Å². The zero-order valence-electron chi connectivity index (χ0n) is 44.6. The highest BCUT2D eigenvalue weighted by Gasteiger charge is 2.58. The first-order valence-electron chi connectivity index (χ1n) is 25.1. The second-order valence-electron chi connectivity index (χ2n) is 18.5. The van der Waals surface area contributed by atoms with Crippen molar-refractivity contribution in [1.29, 1.82) is 0 Å². The number of carbonyl (C=O) groups excluding carboxylic acids is 9. The Morgan fingerprint density at radius 3 is 1.45 bits per heavy atom. The molecule has 0 aromatic heterocycles. The van der Waals surface area contributed by atoms with E-state index in [1.807, 2.05) is 12.1 Å². The standard InChI is InChI=1S/C55H52F5NO22/c1-24(62)71-22-37-45(76-27(4)65)48(83-54-50(78-29(6)67)47(77-28(5)66)44(75-26(3)64)38(80-54)23-72-25(2)63)49(82-51(68)30-14-8-7-9-15-30)53(79-37)73-21-36(52(69)81-46-42(59)40(57)39(56)41(58)43(46)60)61-55(70)74-20-35-33-18-12-10-16-31(33)32-17-11-13-19-34(32)35/h7-19,35-38,44-45,47-50,53-54H,20-23H2,1-6H3,(H,61,70)/t36-,37+,38+,44+,45+,47-,48-,49-,50-,53-,54+/m0/s1. The first kappa shape index (κ1) is 62.0. The maximum absolute atomic E-state index is 15.1. The Morgan fingerprint density at radius 2 is 0.928 bits per heavy atom. The molecule has 0 bridgehead atoms. The van der Waals surface area contributed by atoms with Crippen LogP contribution in [0.3, 0.4) is 0 Å². The molecule has 2 aliphatic heterocycles. The lowest BCUT2D eigenvalue weighted by Gasteiger charge is -2.48. The van der Waals surface area contributed by atoms with E-state index in [0.29, 0.717) is 0 Å². The Bertz CT molecular complexity index is 3040. The van der Waals surface area contributed by atoms with Crippen LogP contribution in [0.25, 0.3) is 11.1 Å². The molecule has 4 aromatic rings. The van der Waals surface area contributed by atoms with Gasteiger partial charge in [-0.3, -0.25) is 28.8 Å². The molecule has 0 unspecified atom stereocenters. The number of alkyl carbamates (subject to hydrolysis) is 1. The van der Waals surface area contributed by atoms with Crippen LogP contribution in [-0.2, 0) is 90.4 Å². The van der Waals surface area contributed by atoms with Gasteiger partial charge in [0.1, 0.15) is 38.1 Å². The quantitative estimate of drug-likeness (QED) is 0.0300. The fourth-order valence-corrected chi connectivity index (χ4v) is 9.17. The molecule has 2 saturated heterocycles. The molecule has 11 atom stereocenters. The minimum atomic E-state index is -2.61. The third-order valence-corrected chi connectivity index (χ3v) is 12.6. The van der Waals surface area contributed by atoms with Gasteiger partial charge in [0.25, 0.3) is 0 Å². The number of benzene rings is 4. The Morgan fingerprint density at radius 1 is 0.482 bits per heavy atom. The van der Waals surface area contributed by atoms with Gasteiger partial charge in [-0.05, 0) is 34.4 Å². The molecular weight excluding hydrogens is 1120 g/mol. The number of rotatable bonds is 20. The van der Waals surface area contributed by atoms with Crippen molar-refractivity contribution >= 4 is 53.8 Å². The SMILES string of the molecule is CC(=O)OC[C@H]1O[C@H](O[C@@H]2[C@H](OC(=O)c3ccccc3)[C@@H](OC[C@H](NC(=O)OCC3c4ccccc4-c4ccccc43)C(=O)Oc3c(F)c(F)c(F)c(F)c3F)O[C@H](COC(C)=O)[C@H]2OC(C)=O)[C@@H](OC(C)=O)[C@@H](OC(C)=O)[C@@H]1OC(C)=O. The molecule has 23 nitrogen and oxygen atoms in total. The number of hydrogen-bond acceptors (Lipinski definition) is 22. The van der Waals surface area contributed by atoms with E-state index in [1.54, 1.807) is 36.4 Å². The molecule has 1 amide bonds. The van der Waals surface area contributed by atoms with Crippen LogP contribution < -0.4 is 10.1 Å². The van der Waals surface area contributed by atoms with E-state index in [-0.39, 0.29) is 5.56 Å². The Hall–Kier alpha value is -8.60. The first-order chi connectivity index (χ1) is 39.4. The van der Waals surface area contributed by atoms with Crippen molar-refractivity contribution in [2.75, 3.05) is 26.4 Å². The lowest BCUT2D eigenvalue weighted by atomic mass is 9.95. The molecule has 0 saturated carbocycles. The van der Waals surface area contributed by atoms with Gasteiger partial charge in [0.15, 0.2) is 49.1 Å². The molecule has 444 valence electrons. The highest BCUT2D eigenvalue weighted by atomic mass is 19.2. The molecule has 2 fully saturated rings. The van der Waals surface area contributed by atoms with Crippen LogP contribution in [0.15, 0.2) is 78.9 Å². The zero-order chi connectivity index (χ0) is 60.4. The molecule has 0 spiro atoms. The fourth-order valence-electron chi connectivity index (χ4n) is 9.17. The Balaban J connectivity index is 1.31. The average Bonchev–Trinajstić information content (AvgIpc) is 2.90. The molecule has 1 aliphatic carbocycles. The van der Waals surface area contributed by atoms with Gasteiger partial charge >= 0.3 is 53.8 Å². The summed E-state index contributed by atoms with van der Waals surface area (Å²) in [5, 5.41) is 2.08. The summed E-state index contributed by atoms with van der Waals surface area (Å²) in [5.41, 5.74) is 2.89. The molecule has 1 N–H and O–H groups in total. The van der Waals surface area contributed by atoms with Gasteiger partial charge < -0.3 is 66.9 Å². The lowest BCUT2D eigenvalue weighted by Crippen LogP contribution is -2.67. The van der Waals surface area contributed by atoms with Crippen LogP contribution in [0.5, 0.6) is 5.75 Å². The van der Waals surface area contributed by atoms with Crippen molar-refractivity contribution in [3.63, 3.8) is 0 Å². The lowest BCUT2D eigenvalue weighted by molar-refractivity contribution is -0.360. The van der Waals surface area contributed by atoms with Gasteiger partial charge in [0.05, 0.1) is 12.2 Å². The second kappa shape index (κ2) is 27.4. The maximum atomic E-state index is 15.1. The van der Waals surface area contributed by atoms with Gasteiger partial charge in [0, 0.05) is 47.5 Å². The second-order valence-corrected chi connectivity index (χ2v) is 18.5. The number of ether oxygens (including phenoxy) is 13. The van der Waals surface area contributed by atoms with Crippen molar-refractivity contribution in [3.8, 4) is 16.9 Å². The first-order valence-corrected chi connectivity index (χ1v) is 25.1. The van der Waals surface area contributed by atoms with Crippen LogP contribution in [-0.4, -0.2) is 148 Å².